The molecule has 0 spiro atoms. The van der Waals surface area contributed by atoms with Crippen molar-refractivity contribution in [1.29, 1.82) is 0 Å². The Balaban J connectivity index is 2.57. The first kappa shape index (κ1) is 14.8. The molecule has 1 amide bonds. The van der Waals surface area contributed by atoms with Gasteiger partial charge in [0.15, 0.2) is 0 Å². The van der Waals surface area contributed by atoms with E-state index in [1.807, 2.05) is 13.8 Å². The summed E-state index contributed by atoms with van der Waals surface area (Å²) < 4.78 is 5.04. The number of hydrogen-bond acceptors (Lipinski definition) is 3. The zero-order chi connectivity index (χ0) is 13.8. The smallest absolute Gasteiger partial charge is 0.224 e. The number of ether oxygens (including phenoxy) is 1. The fraction of sp³-hybridized carbons (Fsp3) is 0.462. The van der Waals surface area contributed by atoms with E-state index in [4.69, 9.17) is 22.1 Å². The number of hydrogen-bond donors (Lipinski definition) is 2. The summed E-state index contributed by atoms with van der Waals surface area (Å²) in [5.41, 5.74) is 6.14. The molecule has 0 aliphatic rings. The van der Waals surface area contributed by atoms with E-state index < -0.39 is 0 Å². The van der Waals surface area contributed by atoms with Gasteiger partial charge in [-0.15, -0.1) is 0 Å². The lowest BCUT2D eigenvalue weighted by Crippen LogP contribution is -2.33. The van der Waals surface area contributed by atoms with Crippen molar-refractivity contribution in [2.75, 3.05) is 12.4 Å². The number of anilines is 1. The normalized spacial score (nSPS) is 11.2. The molecule has 0 saturated carbocycles. The topological polar surface area (TPSA) is 64.3 Å². The molecule has 0 heterocycles. The number of amides is 1. The van der Waals surface area contributed by atoms with Gasteiger partial charge in [-0.3, -0.25) is 4.79 Å². The molecule has 0 aliphatic carbocycles. The molecule has 5 heteroatoms. The fourth-order valence-corrected chi connectivity index (χ4v) is 1.66. The van der Waals surface area contributed by atoms with Gasteiger partial charge in [-0.05, 0) is 38.5 Å². The maximum absolute atomic E-state index is 11.7. The van der Waals surface area contributed by atoms with Crippen LogP contribution in [0, 0.1) is 0 Å². The second-order valence-electron chi connectivity index (χ2n) is 4.89. The van der Waals surface area contributed by atoms with E-state index in [0.29, 0.717) is 29.3 Å². The summed E-state index contributed by atoms with van der Waals surface area (Å²) in [6.07, 6.45) is 1.01. The van der Waals surface area contributed by atoms with Crippen molar-refractivity contribution in [2.24, 2.45) is 5.73 Å². The fourth-order valence-electron chi connectivity index (χ4n) is 1.40. The summed E-state index contributed by atoms with van der Waals surface area (Å²) in [7, 11) is 1.54. The number of nitrogens with two attached hydrogens (primary N) is 1. The highest BCUT2D eigenvalue weighted by atomic mass is 35.5. The predicted octanol–water partition coefficient (Wildman–Crippen LogP) is 2.80. The van der Waals surface area contributed by atoms with Gasteiger partial charge in [0.25, 0.3) is 0 Å². The molecule has 1 rings (SSSR count). The monoisotopic (exact) mass is 270 g/mol. The first-order valence-corrected chi connectivity index (χ1v) is 6.12. The van der Waals surface area contributed by atoms with E-state index in [9.17, 15) is 4.79 Å². The summed E-state index contributed by atoms with van der Waals surface area (Å²) >= 11 is 5.97. The third-order valence-electron chi connectivity index (χ3n) is 2.43. The molecule has 4 nitrogen and oxygen atoms in total. The van der Waals surface area contributed by atoms with Crippen molar-refractivity contribution in [3.8, 4) is 5.75 Å². The van der Waals surface area contributed by atoms with Gasteiger partial charge in [0.2, 0.25) is 5.91 Å². The van der Waals surface area contributed by atoms with Crippen LogP contribution in [0.4, 0.5) is 5.69 Å². The van der Waals surface area contributed by atoms with Crippen LogP contribution in [-0.2, 0) is 4.79 Å². The quantitative estimate of drug-likeness (QED) is 0.865. The Labute approximate surface area is 112 Å². The Bertz CT molecular complexity index is 427. The second kappa shape index (κ2) is 6.07. The van der Waals surface area contributed by atoms with Crippen LogP contribution < -0.4 is 15.8 Å². The van der Waals surface area contributed by atoms with Crippen molar-refractivity contribution < 1.29 is 9.53 Å². The van der Waals surface area contributed by atoms with E-state index in [2.05, 4.69) is 5.32 Å². The third-order valence-corrected chi connectivity index (χ3v) is 2.73. The van der Waals surface area contributed by atoms with Crippen LogP contribution in [-0.4, -0.2) is 18.6 Å². The number of halogens is 1. The number of benzene rings is 1. The zero-order valence-electron chi connectivity index (χ0n) is 10.9. The maximum Gasteiger partial charge on any atom is 0.224 e. The van der Waals surface area contributed by atoms with E-state index >= 15 is 0 Å². The summed E-state index contributed by atoms with van der Waals surface area (Å²) in [6, 6.07) is 5.12. The number of carbonyl (C=O) groups is 1. The molecule has 1 aromatic rings. The van der Waals surface area contributed by atoms with E-state index in [1.54, 1.807) is 25.3 Å². The first-order chi connectivity index (χ1) is 8.31. The highest BCUT2D eigenvalue weighted by molar-refractivity contribution is 6.32. The van der Waals surface area contributed by atoms with Crippen molar-refractivity contribution in [2.45, 2.75) is 32.2 Å². The lowest BCUT2D eigenvalue weighted by Gasteiger charge is -2.17. The molecule has 0 unspecified atom stereocenters. The molecular formula is C13H19ClN2O2. The molecule has 0 radical (unpaired) electrons. The Morgan fingerprint density at radius 2 is 2.17 bits per heavy atom. The van der Waals surface area contributed by atoms with E-state index in [-0.39, 0.29) is 11.4 Å². The Morgan fingerprint density at radius 1 is 1.50 bits per heavy atom. The van der Waals surface area contributed by atoms with Gasteiger partial charge in [0, 0.05) is 17.6 Å². The summed E-state index contributed by atoms with van der Waals surface area (Å²) in [6.45, 7) is 3.79. The van der Waals surface area contributed by atoms with Gasteiger partial charge in [0.1, 0.15) is 5.75 Å². The average molecular weight is 271 g/mol. The third kappa shape index (κ3) is 4.94. The minimum absolute atomic E-state index is 0.0743. The van der Waals surface area contributed by atoms with Crippen LogP contribution in [0.1, 0.15) is 26.7 Å². The van der Waals surface area contributed by atoms with E-state index in [0.717, 1.165) is 0 Å². The molecule has 0 saturated heterocycles. The molecule has 0 fully saturated rings. The van der Waals surface area contributed by atoms with Crippen LogP contribution in [0.25, 0.3) is 0 Å². The van der Waals surface area contributed by atoms with Crippen molar-refractivity contribution in [3.63, 3.8) is 0 Å². The van der Waals surface area contributed by atoms with Gasteiger partial charge in [-0.2, -0.15) is 0 Å². The van der Waals surface area contributed by atoms with Gasteiger partial charge in [-0.1, -0.05) is 11.6 Å². The first-order valence-electron chi connectivity index (χ1n) is 5.74. The molecular weight excluding hydrogens is 252 g/mol. The van der Waals surface area contributed by atoms with Gasteiger partial charge >= 0.3 is 0 Å². The average Bonchev–Trinajstić information content (AvgIpc) is 2.26. The molecule has 0 aliphatic heterocycles. The number of methoxy groups -OCH3 is 1. The Morgan fingerprint density at radius 3 is 2.67 bits per heavy atom. The summed E-state index contributed by atoms with van der Waals surface area (Å²) in [4.78, 5) is 11.7. The largest absolute Gasteiger partial charge is 0.495 e. The summed E-state index contributed by atoms with van der Waals surface area (Å²) in [5.74, 6) is 0.507. The highest BCUT2D eigenvalue weighted by Gasteiger charge is 2.13. The molecule has 0 bridgehead atoms. The zero-order valence-corrected chi connectivity index (χ0v) is 11.7. The molecule has 0 aromatic heterocycles. The SMILES string of the molecule is COc1ccc(NC(=O)CCC(C)(C)N)cc1Cl. The van der Waals surface area contributed by atoms with Gasteiger partial charge in [-0.25, -0.2) is 0 Å². The van der Waals surface area contributed by atoms with Crippen LogP contribution >= 0.6 is 11.6 Å². The van der Waals surface area contributed by atoms with Crippen LogP contribution in [0.3, 0.4) is 0 Å². The second-order valence-corrected chi connectivity index (χ2v) is 5.29. The van der Waals surface area contributed by atoms with Gasteiger partial charge < -0.3 is 15.8 Å². The minimum Gasteiger partial charge on any atom is -0.495 e. The van der Waals surface area contributed by atoms with Crippen molar-refractivity contribution in [3.05, 3.63) is 23.2 Å². The van der Waals surface area contributed by atoms with E-state index in [1.165, 1.54) is 0 Å². The number of carbonyl (C=O) groups excluding carboxylic acids is 1. The molecule has 3 N–H and O–H groups in total. The standard InChI is InChI=1S/C13H19ClN2O2/c1-13(2,15)7-6-12(17)16-9-4-5-11(18-3)10(14)8-9/h4-5,8H,6-7,15H2,1-3H3,(H,16,17). The van der Waals surface area contributed by atoms with Gasteiger partial charge in [0.05, 0.1) is 12.1 Å². The van der Waals surface area contributed by atoms with Crippen LogP contribution in [0.5, 0.6) is 5.75 Å². The van der Waals surface area contributed by atoms with Crippen LogP contribution in [0.15, 0.2) is 18.2 Å². The minimum atomic E-state index is -0.338. The van der Waals surface area contributed by atoms with Crippen molar-refractivity contribution >= 4 is 23.2 Å². The Hall–Kier alpha value is -1.26. The summed E-state index contributed by atoms with van der Waals surface area (Å²) in [5, 5.41) is 3.24. The molecule has 100 valence electrons. The van der Waals surface area contributed by atoms with Crippen LogP contribution in [0.2, 0.25) is 5.02 Å². The molecule has 0 atom stereocenters. The lowest BCUT2D eigenvalue weighted by atomic mass is 10.00. The van der Waals surface area contributed by atoms with Crippen molar-refractivity contribution in [1.82, 2.24) is 0 Å². The molecule has 18 heavy (non-hydrogen) atoms. The highest BCUT2D eigenvalue weighted by Crippen LogP contribution is 2.27. The number of rotatable bonds is 5. The maximum atomic E-state index is 11.7. The molecule has 1 aromatic carbocycles. The predicted molar refractivity (Wildman–Crippen MR) is 74.1 cm³/mol. The Kier molecular flexibility index (Phi) is 4.99. The lowest BCUT2D eigenvalue weighted by molar-refractivity contribution is -0.116. The number of nitrogens with one attached hydrogen (secondary N) is 1.